The van der Waals surface area contributed by atoms with Crippen molar-refractivity contribution in [3.63, 3.8) is 0 Å². The minimum atomic E-state index is -0.441. The quantitative estimate of drug-likeness (QED) is 0.519. The summed E-state index contributed by atoms with van der Waals surface area (Å²) in [6, 6.07) is 13.4. The average molecular weight is 357 g/mol. The number of fused-ring (bicyclic) bond motifs is 1. The van der Waals surface area contributed by atoms with E-state index in [1.807, 2.05) is 6.07 Å². The fourth-order valence-electron chi connectivity index (χ4n) is 2.39. The Kier molecular flexibility index (Phi) is 5.01. The van der Waals surface area contributed by atoms with Crippen LogP contribution in [0.3, 0.4) is 0 Å². The first-order valence-corrected chi connectivity index (χ1v) is 8.32. The summed E-state index contributed by atoms with van der Waals surface area (Å²) in [7, 11) is 1.57. The molecule has 0 saturated carbocycles. The van der Waals surface area contributed by atoms with E-state index in [0.29, 0.717) is 29.0 Å². The molecule has 25 heavy (non-hydrogen) atoms. The Morgan fingerprint density at radius 2 is 2.04 bits per heavy atom. The second-order valence-corrected chi connectivity index (χ2v) is 6.23. The summed E-state index contributed by atoms with van der Waals surface area (Å²) >= 11 is 1.32. The van der Waals surface area contributed by atoms with E-state index in [1.54, 1.807) is 42.0 Å². The van der Waals surface area contributed by atoms with Crippen LogP contribution in [0.1, 0.15) is 10.4 Å². The lowest BCUT2D eigenvalue weighted by Gasteiger charge is -2.04. The van der Waals surface area contributed by atoms with Crippen molar-refractivity contribution in [3.05, 3.63) is 69.0 Å². The Morgan fingerprint density at radius 1 is 1.28 bits per heavy atom. The molecule has 0 aliphatic carbocycles. The van der Waals surface area contributed by atoms with Gasteiger partial charge < -0.3 is 9.30 Å². The molecule has 0 bridgehead atoms. The van der Waals surface area contributed by atoms with Crippen molar-refractivity contribution in [1.82, 2.24) is 4.57 Å². The number of carbonyl (C=O) groups is 1. The minimum absolute atomic E-state index is 0.00240. The second kappa shape index (κ2) is 7.37. The number of benzene rings is 2. The van der Waals surface area contributed by atoms with Gasteiger partial charge in [-0.25, -0.2) is 0 Å². The van der Waals surface area contributed by atoms with E-state index in [2.05, 4.69) is 4.99 Å². The normalized spacial score (nSPS) is 11.8. The number of methoxy groups -OCH3 is 1. The van der Waals surface area contributed by atoms with E-state index in [1.165, 1.54) is 23.5 Å². The van der Waals surface area contributed by atoms with Gasteiger partial charge in [0.15, 0.2) is 4.80 Å². The first-order chi connectivity index (χ1) is 12.1. The Labute approximate surface area is 147 Å². The van der Waals surface area contributed by atoms with Gasteiger partial charge in [-0.1, -0.05) is 29.5 Å². The third kappa shape index (κ3) is 3.65. The summed E-state index contributed by atoms with van der Waals surface area (Å²) < 4.78 is 7.71. The number of amides is 1. The molecule has 0 aliphatic rings. The molecular weight excluding hydrogens is 342 g/mol. The van der Waals surface area contributed by atoms with Crippen LogP contribution in [0, 0.1) is 10.1 Å². The lowest BCUT2D eigenvalue weighted by Crippen LogP contribution is -2.19. The zero-order valence-corrected chi connectivity index (χ0v) is 14.2. The molecule has 3 aromatic rings. The summed E-state index contributed by atoms with van der Waals surface area (Å²) in [4.78, 5) is 27.7. The fraction of sp³-hybridized carbons (Fsp3) is 0.176. The molecular formula is C17H15N3O4S. The number of nitrogens with zero attached hydrogens (tertiary/aromatic N) is 3. The molecule has 1 aromatic heterocycles. The Hall–Kier alpha value is -2.84. The van der Waals surface area contributed by atoms with E-state index >= 15 is 0 Å². The van der Waals surface area contributed by atoms with Gasteiger partial charge >= 0.3 is 0 Å². The van der Waals surface area contributed by atoms with Gasteiger partial charge in [0.25, 0.3) is 11.6 Å². The van der Waals surface area contributed by atoms with Crippen molar-refractivity contribution in [2.75, 3.05) is 13.7 Å². The number of nitro groups is 1. The predicted octanol–water partition coefficient (Wildman–Crippen LogP) is 3.00. The average Bonchev–Trinajstić information content (AvgIpc) is 2.96. The summed E-state index contributed by atoms with van der Waals surface area (Å²) in [5.74, 6) is -0.354. The number of rotatable bonds is 5. The van der Waals surface area contributed by atoms with Crippen LogP contribution in [0.25, 0.3) is 10.2 Å². The number of thiazole rings is 1. The molecule has 0 unspecified atom stereocenters. The van der Waals surface area contributed by atoms with Crippen LogP contribution in [-0.4, -0.2) is 29.1 Å². The first kappa shape index (κ1) is 17.0. The highest BCUT2D eigenvalue weighted by Gasteiger charge is 2.13. The molecule has 0 radical (unpaired) electrons. The van der Waals surface area contributed by atoms with Crippen LogP contribution in [0.15, 0.2) is 53.5 Å². The maximum Gasteiger partial charge on any atom is 0.279 e. The maximum atomic E-state index is 12.4. The lowest BCUT2D eigenvalue weighted by molar-refractivity contribution is -0.384. The molecule has 128 valence electrons. The molecule has 0 spiro atoms. The molecule has 0 N–H and O–H groups in total. The van der Waals surface area contributed by atoms with Gasteiger partial charge in [0.1, 0.15) is 0 Å². The maximum absolute atomic E-state index is 12.4. The number of ether oxygens (including phenoxy) is 1. The van der Waals surface area contributed by atoms with Gasteiger partial charge in [-0.05, 0) is 18.2 Å². The van der Waals surface area contributed by atoms with Crippen LogP contribution in [-0.2, 0) is 11.3 Å². The van der Waals surface area contributed by atoms with Crippen molar-refractivity contribution in [1.29, 1.82) is 0 Å². The molecule has 1 heterocycles. The number of nitro benzene ring substituents is 1. The minimum Gasteiger partial charge on any atom is -0.383 e. The number of aromatic nitrogens is 1. The smallest absolute Gasteiger partial charge is 0.279 e. The highest BCUT2D eigenvalue weighted by atomic mass is 32.1. The number of hydrogen-bond acceptors (Lipinski definition) is 5. The van der Waals surface area contributed by atoms with Crippen molar-refractivity contribution < 1.29 is 14.5 Å². The van der Waals surface area contributed by atoms with Gasteiger partial charge in [0.05, 0.1) is 21.7 Å². The van der Waals surface area contributed by atoms with Crippen LogP contribution >= 0.6 is 11.3 Å². The van der Waals surface area contributed by atoms with E-state index < -0.39 is 4.92 Å². The van der Waals surface area contributed by atoms with E-state index in [9.17, 15) is 14.9 Å². The van der Waals surface area contributed by atoms with Crippen molar-refractivity contribution in [2.24, 2.45) is 4.99 Å². The number of hydrogen-bond donors (Lipinski definition) is 0. The van der Waals surface area contributed by atoms with Gasteiger partial charge in [-0.3, -0.25) is 14.9 Å². The molecule has 0 fully saturated rings. The lowest BCUT2D eigenvalue weighted by atomic mass is 10.2. The topological polar surface area (TPSA) is 86.7 Å². The van der Waals surface area contributed by atoms with Gasteiger partial charge in [0.2, 0.25) is 0 Å². The summed E-state index contributed by atoms with van der Waals surface area (Å²) in [6.45, 7) is 0.847. The highest BCUT2D eigenvalue weighted by Crippen LogP contribution is 2.23. The van der Waals surface area contributed by atoms with E-state index in [-0.39, 0.29) is 11.6 Å². The molecule has 8 heteroatoms. The second-order valence-electron chi connectivity index (χ2n) is 5.22. The molecule has 0 aliphatic heterocycles. The van der Waals surface area contributed by atoms with Crippen molar-refractivity contribution in [2.45, 2.75) is 6.54 Å². The standard InChI is InChI=1S/C17H15N3O4S/c1-24-10-9-19-14-11-13(20(22)23)7-8-15(14)25-17(19)18-16(21)12-5-3-2-4-6-12/h2-8,11H,9-10H2,1H3. The van der Waals surface area contributed by atoms with Crippen LogP contribution < -0.4 is 4.80 Å². The zero-order chi connectivity index (χ0) is 17.8. The molecule has 2 aromatic carbocycles. The first-order valence-electron chi connectivity index (χ1n) is 7.51. The Balaban J connectivity index is 2.14. The Bertz CT molecular complexity index is 992. The van der Waals surface area contributed by atoms with E-state index in [4.69, 9.17) is 4.74 Å². The van der Waals surface area contributed by atoms with E-state index in [0.717, 1.165) is 4.70 Å². The third-order valence-electron chi connectivity index (χ3n) is 3.61. The fourth-order valence-corrected chi connectivity index (χ4v) is 3.42. The number of carbonyl (C=O) groups excluding carboxylic acids is 1. The van der Waals surface area contributed by atoms with Crippen LogP contribution in [0.5, 0.6) is 0 Å². The molecule has 1 amide bonds. The largest absolute Gasteiger partial charge is 0.383 e. The summed E-state index contributed by atoms with van der Waals surface area (Å²) in [5, 5.41) is 11.0. The third-order valence-corrected chi connectivity index (χ3v) is 4.67. The SMILES string of the molecule is COCCn1c(=NC(=O)c2ccccc2)sc2ccc([N+](=O)[O-])cc21. The predicted molar refractivity (Wildman–Crippen MR) is 94.7 cm³/mol. The summed E-state index contributed by atoms with van der Waals surface area (Å²) in [6.07, 6.45) is 0. The monoisotopic (exact) mass is 357 g/mol. The van der Waals surface area contributed by atoms with Gasteiger partial charge in [-0.2, -0.15) is 4.99 Å². The Morgan fingerprint density at radius 3 is 2.72 bits per heavy atom. The molecule has 7 nitrogen and oxygen atoms in total. The molecule has 3 rings (SSSR count). The number of non-ortho nitro benzene ring substituents is 1. The van der Waals surface area contributed by atoms with Crippen LogP contribution in [0.2, 0.25) is 0 Å². The van der Waals surface area contributed by atoms with Gasteiger partial charge in [-0.15, -0.1) is 0 Å². The van der Waals surface area contributed by atoms with Gasteiger partial charge in [0, 0.05) is 31.4 Å². The van der Waals surface area contributed by atoms with Crippen molar-refractivity contribution in [3.8, 4) is 0 Å². The van der Waals surface area contributed by atoms with Crippen LogP contribution in [0.4, 0.5) is 5.69 Å². The summed E-state index contributed by atoms with van der Waals surface area (Å²) in [5.41, 5.74) is 1.15. The highest BCUT2D eigenvalue weighted by molar-refractivity contribution is 7.16. The zero-order valence-electron chi connectivity index (χ0n) is 13.4. The molecule has 0 saturated heterocycles. The molecule has 0 atom stereocenters. The van der Waals surface area contributed by atoms with Crippen molar-refractivity contribution >= 4 is 33.1 Å².